The maximum atomic E-state index is 13.7. The Labute approximate surface area is 148 Å². The van der Waals surface area contributed by atoms with Gasteiger partial charge in [0, 0.05) is 35.9 Å². The summed E-state index contributed by atoms with van der Waals surface area (Å²) in [5.74, 6) is -0.880. The number of urea groups is 1. The van der Waals surface area contributed by atoms with Crippen LogP contribution in [-0.4, -0.2) is 23.7 Å². The Kier molecular flexibility index (Phi) is 5.22. The molecule has 25 heavy (non-hydrogen) atoms. The molecule has 0 radical (unpaired) electrons. The Hall–Kier alpha value is -2.15. The number of nitrogens with zero attached hydrogens (tertiary/aromatic N) is 1. The highest BCUT2D eigenvalue weighted by Gasteiger charge is 2.24. The molecule has 1 N–H and O–H groups in total. The molecule has 1 heterocycles. The topological polar surface area (TPSA) is 32.3 Å². The van der Waals surface area contributed by atoms with E-state index in [0.717, 1.165) is 28.3 Å². The molecule has 132 valence electrons. The number of carbonyl (C=O) groups excluding carboxylic acids is 1. The van der Waals surface area contributed by atoms with Gasteiger partial charge in [-0.15, -0.1) is 11.8 Å². The quantitative estimate of drug-likeness (QED) is 0.869. The Morgan fingerprint density at radius 1 is 1.20 bits per heavy atom. The number of fused-ring (bicyclic) bond motifs is 1. The van der Waals surface area contributed by atoms with E-state index in [2.05, 4.69) is 5.32 Å². The first-order valence-electron chi connectivity index (χ1n) is 7.82. The lowest BCUT2D eigenvalue weighted by atomic mass is 10.0. The minimum Gasteiger partial charge on any atom is -0.331 e. The van der Waals surface area contributed by atoms with Crippen molar-refractivity contribution in [2.75, 3.05) is 12.8 Å². The number of hydrogen-bond acceptors (Lipinski definition) is 2. The summed E-state index contributed by atoms with van der Waals surface area (Å²) in [6.45, 7) is 0.00935. The fourth-order valence-electron chi connectivity index (χ4n) is 2.75. The number of halogens is 3. The van der Waals surface area contributed by atoms with E-state index in [1.165, 1.54) is 30.1 Å². The van der Waals surface area contributed by atoms with Gasteiger partial charge in [-0.25, -0.2) is 18.0 Å². The van der Waals surface area contributed by atoms with Gasteiger partial charge in [-0.3, -0.25) is 0 Å². The molecule has 1 aliphatic rings. The molecule has 0 aliphatic carbocycles. The molecule has 3 rings (SSSR count). The molecule has 3 nitrogen and oxygen atoms in total. The van der Waals surface area contributed by atoms with Crippen LogP contribution >= 0.6 is 11.8 Å². The van der Waals surface area contributed by atoms with E-state index in [9.17, 15) is 18.0 Å². The van der Waals surface area contributed by atoms with Gasteiger partial charge in [-0.1, -0.05) is 6.07 Å². The van der Waals surface area contributed by atoms with Gasteiger partial charge in [0.2, 0.25) is 0 Å². The van der Waals surface area contributed by atoms with E-state index in [4.69, 9.17) is 0 Å². The second-order valence-corrected chi connectivity index (χ2v) is 7.05. The zero-order valence-corrected chi connectivity index (χ0v) is 14.4. The second-order valence-electron chi connectivity index (χ2n) is 5.91. The number of nitrogens with one attached hydrogen (secondary N) is 1. The fourth-order valence-corrected chi connectivity index (χ4v) is 3.86. The highest BCUT2D eigenvalue weighted by Crippen LogP contribution is 2.36. The summed E-state index contributed by atoms with van der Waals surface area (Å²) in [6, 6.07) is 7.13. The molecule has 0 aromatic heterocycles. The van der Waals surface area contributed by atoms with Crippen molar-refractivity contribution >= 4 is 17.8 Å². The Balaban J connectivity index is 1.69. The second kappa shape index (κ2) is 7.39. The number of amides is 2. The van der Waals surface area contributed by atoms with Gasteiger partial charge in [0.1, 0.15) is 17.5 Å². The van der Waals surface area contributed by atoms with E-state index in [1.54, 1.807) is 17.8 Å². The maximum absolute atomic E-state index is 13.7. The van der Waals surface area contributed by atoms with Gasteiger partial charge in [0.05, 0.1) is 6.04 Å². The minimum absolute atomic E-state index is 0.00935. The third-order valence-corrected chi connectivity index (χ3v) is 5.20. The van der Waals surface area contributed by atoms with Crippen molar-refractivity contribution in [2.24, 2.45) is 0 Å². The van der Waals surface area contributed by atoms with Gasteiger partial charge in [0.15, 0.2) is 0 Å². The molecule has 0 bridgehead atoms. The van der Waals surface area contributed by atoms with Gasteiger partial charge in [-0.2, -0.15) is 0 Å². The summed E-state index contributed by atoms with van der Waals surface area (Å²) in [4.78, 5) is 14.7. The van der Waals surface area contributed by atoms with Crippen molar-refractivity contribution in [1.29, 1.82) is 0 Å². The summed E-state index contributed by atoms with van der Waals surface area (Å²) >= 11 is 1.63. The number of carbonyl (C=O) groups is 1. The summed E-state index contributed by atoms with van der Waals surface area (Å²) in [7, 11) is 1.53. The highest BCUT2D eigenvalue weighted by molar-refractivity contribution is 7.99. The summed E-state index contributed by atoms with van der Waals surface area (Å²) in [5, 5.41) is 2.86. The molecule has 2 amide bonds. The smallest absolute Gasteiger partial charge is 0.317 e. The van der Waals surface area contributed by atoms with Crippen LogP contribution < -0.4 is 5.32 Å². The van der Waals surface area contributed by atoms with Crippen molar-refractivity contribution in [3.8, 4) is 0 Å². The summed E-state index contributed by atoms with van der Waals surface area (Å²) in [5.41, 5.74) is 0.982. The van der Waals surface area contributed by atoms with Gasteiger partial charge >= 0.3 is 6.03 Å². The van der Waals surface area contributed by atoms with Crippen LogP contribution in [0.3, 0.4) is 0 Å². The van der Waals surface area contributed by atoms with E-state index in [0.29, 0.717) is 6.42 Å². The highest BCUT2D eigenvalue weighted by atomic mass is 32.2. The zero-order chi connectivity index (χ0) is 18.0. The third-order valence-electron chi connectivity index (χ3n) is 4.08. The number of thioether (sulfide) groups is 1. The lowest BCUT2D eigenvalue weighted by molar-refractivity contribution is 0.201. The molecule has 7 heteroatoms. The normalized spacial score (nSPS) is 16.2. The molecule has 2 aromatic rings. The predicted octanol–water partition coefficient (Wildman–Crippen LogP) is 4.48. The lowest BCUT2D eigenvalue weighted by Crippen LogP contribution is -2.40. The fraction of sp³-hybridized carbons (Fsp3) is 0.278. The van der Waals surface area contributed by atoms with Gasteiger partial charge < -0.3 is 10.2 Å². The van der Waals surface area contributed by atoms with Gasteiger partial charge in [0.25, 0.3) is 0 Å². The van der Waals surface area contributed by atoms with E-state index < -0.39 is 17.7 Å². The average Bonchev–Trinajstić information content (AvgIpc) is 2.57. The number of rotatable bonds is 3. The zero-order valence-electron chi connectivity index (χ0n) is 13.6. The van der Waals surface area contributed by atoms with Crippen LogP contribution in [0.15, 0.2) is 41.3 Å². The molecule has 0 saturated carbocycles. The molecule has 0 saturated heterocycles. The van der Waals surface area contributed by atoms with Crippen LogP contribution in [0.2, 0.25) is 0 Å². The van der Waals surface area contributed by atoms with Gasteiger partial charge in [-0.05, 0) is 36.2 Å². The number of hydrogen-bond donors (Lipinski definition) is 1. The molecule has 1 unspecified atom stereocenters. The first-order chi connectivity index (χ1) is 11.9. The van der Waals surface area contributed by atoms with Crippen LogP contribution in [0.25, 0.3) is 0 Å². The molecule has 1 atom stereocenters. The van der Waals surface area contributed by atoms with Crippen molar-refractivity contribution in [1.82, 2.24) is 10.2 Å². The first kappa shape index (κ1) is 17.7. The molecule has 0 spiro atoms. The van der Waals surface area contributed by atoms with Crippen LogP contribution in [-0.2, 0) is 6.54 Å². The standard InChI is InChI=1S/C18H17F3N2OS/c1-23(10-11-2-3-13(20)9-15(11)21)18(24)22-16-6-7-25-17-5-4-12(19)8-14(16)17/h2-5,8-9,16H,6-7,10H2,1H3,(H,22,24). The summed E-state index contributed by atoms with van der Waals surface area (Å²) < 4.78 is 40.2. The first-order valence-corrected chi connectivity index (χ1v) is 8.80. The largest absolute Gasteiger partial charge is 0.331 e. The monoisotopic (exact) mass is 366 g/mol. The van der Waals surface area contributed by atoms with E-state index in [-0.39, 0.29) is 24.0 Å². The van der Waals surface area contributed by atoms with Crippen molar-refractivity contribution < 1.29 is 18.0 Å². The van der Waals surface area contributed by atoms with Crippen LogP contribution in [0, 0.1) is 17.5 Å². The van der Waals surface area contributed by atoms with Crippen molar-refractivity contribution in [3.63, 3.8) is 0 Å². The van der Waals surface area contributed by atoms with E-state index >= 15 is 0 Å². The SMILES string of the molecule is CN(Cc1ccc(F)cc1F)C(=O)NC1CCSc2ccc(F)cc21. The maximum Gasteiger partial charge on any atom is 0.317 e. The number of benzene rings is 2. The van der Waals surface area contributed by atoms with Crippen LogP contribution in [0.5, 0.6) is 0 Å². The Morgan fingerprint density at radius 3 is 2.68 bits per heavy atom. The Morgan fingerprint density at radius 2 is 1.92 bits per heavy atom. The van der Waals surface area contributed by atoms with Crippen LogP contribution in [0.1, 0.15) is 23.6 Å². The lowest BCUT2D eigenvalue weighted by Gasteiger charge is -2.28. The molecule has 0 fully saturated rings. The third kappa shape index (κ3) is 4.10. The molecular formula is C18H17F3N2OS. The van der Waals surface area contributed by atoms with E-state index in [1.807, 2.05) is 0 Å². The average molecular weight is 366 g/mol. The molecular weight excluding hydrogens is 349 g/mol. The predicted molar refractivity (Wildman–Crippen MR) is 90.8 cm³/mol. The summed E-state index contributed by atoms with van der Waals surface area (Å²) in [6.07, 6.45) is 0.686. The van der Waals surface area contributed by atoms with Crippen molar-refractivity contribution in [3.05, 3.63) is 65.0 Å². The minimum atomic E-state index is -0.693. The Bertz CT molecular complexity index is 800. The molecule has 2 aromatic carbocycles. The molecule has 1 aliphatic heterocycles. The van der Waals surface area contributed by atoms with Crippen molar-refractivity contribution in [2.45, 2.75) is 23.9 Å². The van der Waals surface area contributed by atoms with Crippen LogP contribution in [0.4, 0.5) is 18.0 Å².